The molecule has 7 nitrogen and oxygen atoms in total. The summed E-state index contributed by atoms with van der Waals surface area (Å²) in [6, 6.07) is 3.49. The molecule has 0 spiro atoms. The highest BCUT2D eigenvalue weighted by atomic mass is 16.6. The van der Waals surface area contributed by atoms with Crippen molar-refractivity contribution in [3.8, 4) is 0 Å². The van der Waals surface area contributed by atoms with Crippen molar-refractivity contribution < 1.29 is 19.4 Å². The van der Waals surface area contributed by atoms with Gasteiger partial charge in [-0.15, -0.1) is 0 Å². The minimum atomic E-state index is -1.02. The van der Waals surface area contributed by atoms with Gasteiger partial charge in [-0.1, -0.05) is 26.7 Å². The number of amides is 1. The number of pyridine rings is 1. The number of hydrogen-bond acceptors (Lipinski definition) is 5. The summed E-state index contributed by atoms with van der Waals surface area (Å²) >= 11 is 0. The Morgan fingerprint density at radius 3 is 2.57 bits per heavy atom. The minimum absolute atomic E-state index is 0.0119. The molecule has 0 bridgehead atoms. The topological polar surface area (TPSA) is 83.0 Å². The van der Waals surface area contributed by atoms with E-state index in [0.717, 1.165) is 45.0 Å². The van der Waals surface area contributed by atoms with Gasteiger partial charge in [0.05, 0.1) is 6.04 Å². The number of aliphatic carboxylic acids is 1. The Morgan fingerprint density at radius 2 is 2.03 bits per heavy atom. The van der Waals surface area contributed by atoms with Crippen molar-refractivity contribution >= 4 is 24.0 Å². The van der Waals surface area contributed by atoms with E-state index >= 15 is 0 Å². The van der Waals surface area contributed by atoms with E-state index in [9.17, 15) is 9.59 Å². The maximum atomic E-state index is 13.0. The number of aromatic nitrogens is 1. The lowest BCUT2D eigenvalue weighted by Gasteiger charge is -2.31. The highest BCUT2D eigenvalue weighted by molar-refractivity contribution is 5.88. The van der Waals surface area contributed by atoms with Crippen LogP contribution in [0.2, 0.25) is 0 Å². The number of nitrogens with zero attached hydrogens (tertiary/aromatic N) is 3. The van der Waals surface area contributed by atoms with Crippen molar-refractivity contribution in [1.82, 2.24) is 9.88 Å². The molecule has 1 aromatic heterocycles. The molecule has 1 aliphatic rings. The van der Waals surface area contributed by atoms with Crippen LogP contribution in [0.1, 0.15) is 59.4 Å². The van der Waals surface area contributed by atoms with Crippen molar-refractivity contribution in [2.45, 2.75) is 65.5 Å². The molecule has 1 atom stereocenters. The smallest absolute Gasteiger partial charge is 0.416 e. The minimum Gasteiger partial charge on any atom is -0.478 e. The highest BCUT2D eigenvalue weighted by Gasteiger charge is 2.35. The molecule has 0 unspecified atom stereocenters. The van der Waals surface area contributed by atoms with Gasteiger partial charge in [-0.2, -0.15) is 0 Å². The first kappa shape index (κ1) is 23.9. The normalized spacial score (nSPS) is 17.6. The van der Waals surface area contributed by atoms with Crippen LogP contribution >= 0.6 is 0 Å². The van der Waals surface area contributed by atoms with Gasteiger partial charge >= 0.3 is 12.1 Å². The third kappa shape index (κ3) is 7.13. The van der Waals surface area contributed by atoms with Crippen LogP contribution < -0.4 is 4.90 Å². The van der Waals surface area contributed by atoms with Crippen LogP contribution in [-0.4, -0.2) is 58.3 Å². The Hall–Kier alpha value is -2.41. The molecule has 30 heavy (non-hydrogen) atoms. The molecule has 1 aliphatic heterocycles. The summed E-state index contributed by atoms with van der Waals surface area (Å²) in [5.41, 5.74) is 0.0555. The molecule has 1 aromatic rings. The van der Waals surface area contributed by atoms with E-state index < -0.39 is 17.7 Å². The first-order chi connectivity index (χ1) is 14.1. The lowest BCUT2D eigenvalue weighted by Crippen LogP contribution is -2.45. The number of rotatable bonds is 8. The van der Waals surface area contributed by atoms with Gasteiger partial charge in [-0.25, -0.2) is 14.6 Å². The van der Waals surface area contributed by atoms with Gasteiger partial charge in [0.1, 0.15) is 11.4 Å². The van der Waals surface area contributed by atoms with E-state index in [0.29, 0.717) is 17.3 Å². The molecule has 0 aliphatic carbocycles. The van der Waals surface area contributed by atoms with E-state index in [1.165, 1.54) is 6.08 Å². The zero-order chi connectivity index (χ0) is 22.3. The maximum absolute atomic E-state index is 13.0. The second kappa shape index (κ2) is 10.6. The van der Waals surface area contributed by atoms with Gasteiger partial charge in [-0.3, -0.25) is 4.90 Å². The van der Waals surface area contributed by atoms with Gasteiger partial charge in [0.15, 0.2) is 0 Å². The largest absolute Gasteiger partial charge is 0.478 e. The number of hydrogen-bond donors (Lipinski definition) is 1. The van der Waals surface area contributed by atoms with Crippen molar-refractivity contribution in [2.24, 2.45) is 5.92 Å². The van der Waals surface area contributed by atoms with Gasteiger partial charge in [-0.05, 0) is 56.9 Å². The van der Waals surface area contributed by atoms with Crippen LogP contribution in [0.25, 0.3) is 6.08 Å². The molecule has 166 valence electrons. The molecular weight excluding hydrogens is 382 g/mol. The van der Waals surface area contributed by atoms with Crippen molar-refractivity contribution in [3.05, 3.63) is 30.0 Å². The Kier molecular flexibility index (Phi) is 8.41. The van der Waals surface area contributed by atoms with Crippen LogP contribution in [0.4, 0.5) is 10.6 Å². The first-order valence-corrected chi connectivity index (χ1v) is 10.7. The molecule has 2 heterocycles. The third-order valence-corrected chi connectivity index (χ3v) is 5.31. The van der Waals surface area contributed by atoms with Gasteiger partial charge in [0.25, 0.3) is 0 Å². The summed E-state index contributed by atoms with van der Waals surface area (Å²) in [4.78, 5) is 32.3. The molecular formula is C23H35N3O4. The second-order valence-corrected chi connectivity index (χ2v) is 8.86. The van der Waals surface area contributed by atoms with E-state index in [2.05, 4.69) is 23.7 Å². The number of carbonyl (C=O) groups excluding carboxylic acids is 1. The molecule has 7 heteroatoms. The van der Waals surface area contributed by atoms with Gasteiger partial charge in [0.2, 0.25) is 0 Å². The number of anilines is 1. The number of ether oxygens (including phenoxy) is 1. The van der Waals surface area contributed by atoms with E-state index in [1.54, 1.807) is 23.2 Å². The first-order valence-electron chi connectivity index (χ1n) is 10.7. The number of carboxylic acids is 1. The second-order valence-electron chi connectivity index (χ2n) is 8.86. The molecule has 1 fully saturated rings. The number of carbonyl (C=O) groups is 2. The molecule has 1 amide bonds. The average Bonchev–Trinajstić information content (AvgIpc) is 3.12. The lowest BCUT2D eigenvalue weighted by atomic mass is 10.0. The summed E-state index contributed by atoms with van der Waals surface area (Å²) in [6.07, 6.45) is 6.88. The Bertz CT molecular complexity index is 736. The summed E-state index contributed by atoms with van der Waals surface area (Å²) in [5.74, 6) is 0.168. The number of likely N-dealkylation sites (tertiary alicyclic amines) is 1. The molecule has 0 radical (unpaired) electrons. The maximum Gasteiger partial charge on any atom is 0.416 e. The summed E-state index contributed by atoms with van der Waals surface area (Å²) in [7, 11) is 0. The summed E-state index contributed by atoms with van der Waals surface area (Å²) in [5, 5.41) is 8.78. The zero-order valence-corrected chi connectivity index (χ0v) is 18.8. The number of carboxylic acid groups (broad SMARTS) is 1. The fraction of sp³-hybridized carbons (Fsp3) is 0.609. The Morgan fingerprint density at radius 1 is 1.33 bits per heavy atom. The van der Waals surface area contributed by atoms with E-state index in [4.69, 9.17) is 9.84 Å². The summed E-state index contributed by atoms with van der Waals surface area (Å²) < 4.78 is 5.67. The van der Waals surface area contributed by atoms with Gasteiger partial charge in [0, 0.05) is 31.9 Å². The zero-order valence-electron chi connectivity index (χ0n) is 18.8. The molecule has 2 rings (SSSR count). The standard InChI is InChI=1S/C23H35N3O4/c1-6-17(7-2)15-25-13-12-19(16-25)26(22(29)30-23(3,4)5)20-10-8-18(14-24-20)9-11-21(27)28/h8-11,14,17,19H,6-7,12-13,15-16H2,1-5H3,(H,27,28)/t19-/m1/s1. The van der Waals surface area contributed by atoms with E-state index in [1.807, 2.05) is 20.8 Å². The van der Waals surface area contributed by atoms with Crippen LogP contribution in [0, 0.1) is 5.92 Å². The third-order valence-electron chi connectivity index (χ3n) is 5.31. The SMILES string of the molecule is CCC(CC)CN1CC[C@@H](N(C(=O)OC(C)(C)C)c2ccc(C=CC(=O)O)cn2)C1. The lowest BCUT2D eigenvalue weighted by molar-refractivity contribution is -0.131. The summed E-state index contributed by atoms with van der Waals surface area (Å²) in [6.45, 7) is 12.8. The van der Waals surface area contributed by atoms with Gasteiger partial charge < -0.3 is 14.7 Å². The van der Waals surface area contributed by atoms with Crippen molar-refractivity contribution in [1.29, 1.82) is 0 Å². The van der Waals surface area contributed by atoms with E-state index in [-0.39, 0.29) is 6.04 Å². The molecule has 1 saturated heterocycles. The monoisotopic (exact) mass is 417 g/mol. The highest BCUT2D eigenvalue weighted by Crippen LogP contribution is 2.26. The average molecular weight is 418 g/mol. The van der Waals surface area contributed by atoms with Crippen LogP contribution in [0.5, 0.6) is 0 Å². The van der Waals surface area contributed by atoms with Crippen molar-refractivity contribution in [2.75, 3.05) is 24.5 Å². The molecule has 1 N–H and O–H groups in total. The predicted molar refractivity (Wildman–Crippen MR) is 119 cm³/mol. The molecule has 0 aromatic carbocycles. The Balaban J connectivity index is 2.21. The van der Waals surface area contributed by atoms with Crippen LogP contribution in [-0.2, 0) is 9.53 Å². The van der Waals surface area contributed by atoms with Crippen molar-refractivity contribution in [3.63, 3.8) is 0 Å². The van der Waals surface area contributed by atoms with Crippen LogP contribution in [0.15, 0.2) is 24.4 Å². The Labute approximate surface area is 179 Å². The fourth-order valence-electron chi connectivity index (χ4n) is 3.65. The fourth-order valence-corrected chi connectivity index (χ4v) is 3.65. The quantitative estimate of drug-likeness (QED) is 0.630. The molecule has 0 saturated carbocycles. The predicted octanol–water partition coefficient (Wildman–Crippen LogP) is 4.43. The van der Waals surface area contributed by atoms with Crippen LogP contribution in [0.3, 0.4) is 0 Å².